The van der Waals surface area contributed by atoms with Crippen LogP contribution in [0.15, 0.2) is 54.6 Å². The molecule has 4 rings (SSSR count). The van der Waals surface area contributed by atoms with E-state index in [2.05, 4.69) is 9.64 Å². The Kier molecular flexibility index (Phi) is 8.26. The molecule has 2 fully saturated rings. The van der Waals surface area contributed by atoms with Gasteiger partial charge in [0, 0.05) is 31.7 Å². The maximum Gasteiger partial charge on any atom is 0.573 e. The first kappa shape index (κ1) is 25.3. The molecule has 2 aromatic carbocycles. The molecule has 0 atom stereocenters. The van der Waals surface area contributed by atoms with E-state index < -0.39 is 6.36 Å². The van der Waals surface area contributed by atoms with Gasteiger partial charge < -0.3 is 19.3 Å². The number of halogens is 4. The number of piperidine rings is 1. The number of rotatable bonds is 5. The number of nitrogens with zero attached hydrogens (tertiary/aromatic N) is 2. The molecular weight excluding hydrogens is 457 g/mol. The average molecular weight is 485 g/mol. The predicted octanol–water partition coefficient (Wildman–Crippen LogP) is 4.56. The number of alkyl halides is 3. The molecule has 0 aromatic heterocycles. The minimum absolute atomic E-state index is 0. The van der Waals surface area contributed by atoms with E-state index in [0.29, 0.717) is 31.7 Å². The van der Waals surface area contributed by atoms with Crippen LogP contribution in [0.1, 0.15) is 28.8 Å². The SMILES string of the molecule is Cl.O=C(c1ccccc1)N1CCOC2(CCN(CCc3cccc(OC(F)(F)F)c3)CC2)C1. The summed E-state index contributed by atoms with van der Waals surface area (Å²) in [4.78, 5) is 17.0. The maximum absolute atomic E-state index is 12.8. The maximum atomic E-state index is 12.8. The normalized spacial score (nSPS) is 18.6. The van der Waals surface area contributed by atoms with Gasteiger partial charge in [0.25, 0.3) is 5.91 Å². The van der Waals surface area contributed by atoms with E-state index in [0.717, 1.165) is 38.0 Å². The monoisotopic (exact) mass is 484 g/mol. The van der Waals surface area contributed by atoms with Crippen molar-refractivity contribution < 1.29 is 27.4 Å². The van der Waals surface area contributed by atoms with Crippen LogP contribution in [0.5, 0.6) is 5.75 Å². The minimum atomic E-state index is -4.68. The second kappa shape index (κ2) is 10.8. The van der Waals surface area contributed by atoms with Crippen LogP contribution in [-0.2, 0) is 11.2 Å². The van der Waals surface area contributed by atoms with Crippen molar-refractivity contribution in [1.82, 2.24) is 9.80 Å². The number of benzene rings is 2. The number of morpholine rings is 1. The second-order valence-corrected chi connectivity index (χ2v) is 8.41. The lowest BCUT2D eigenvalue weighted by atomic mass is 9.89. The summed E-state index contributed by atoms with van der Waals surface area (Å²) >= 11 is 0. The Morgan fingerprint density at radius 1 is 1.03 bits per heavy atom. The van der Waals surface area contributed by atoms with Gasteiger partial charge in [0.1, 0.15) is 5.75 Å². The number of likely N-dealkylation sites (tertiary alicyclic amines) is 1. The summed E-state index contributed by atoms with van der Waals surface area (Å²) in [5.41, 5.74) is 1.18. The summed E-state index contributed by atoms with van der Waals surface area (Å²) in [7, 11) is 0. The topological polar surface area (TPSA) is 42.0 Å². The molecule has 1 amide bonds. The fourth-order valence-electron chi connectivity index (χ4n) is 4.45. The van der Waals surface area contributed by atoms with Crippen LogP contribution in [0.3, 0.4) is 0 Å². The fourth-order valence-corrected chi connectivity index (χ4v) is 4.45. The van der Waals surface area contributed by atoms with E-state index in [1.54, 1.807) is 6.07 Å². The third-order valence-electron chi connectivity index (χ3n) is 6.17. The van der Waals surface area contributed by atoms with Crippen LogP contribution in [0.4, 0.5) is 13.2 Å². The summed E-state index contributed by atoms with van der Waals surface area (Å²) in [6, 6.07) is 15.4. The highest BCUT2D eigenvalue weighted by Gasteiger charge is 2.41. The molecule has 0 N–H and O–H groups in total. The zero-order valence-electron chi connectivity index (χ0n) is 18.2. The average Bonchev–Trinajstić information content (AvgIpc) is 2.78. The van der Waals surface area contributed by atoms with E-state index in [-0.39, 0.29) is 29.7 Å². The molecule has 0 unspecified atom stereocenters. The van der Waals surface area contributed by atoms with Crippen molar-refractivity contribution in [3.8, 4) is 5.75 Å². The van der Waals surface area contributed by atoms with Crippen molar-refractivity contribution in [1.29, 1.82) is 0 Å². The van der Waals surface area contributed by atoms with Crippen molar-refractivity contribution in [2.75, 3.05) is 39.3 Å². The Morgan fingerprint density at radius 3 is 2.45 bits per heavy atom. The molecule has 0 saturated carbocycles. The lowest BCUT2D eigenvalue weighted by Gasteiger charge is -2.47. The molecule has 9 heteroatoms. The quantitative estimate of drug-likeness (QED) is 0.624. The molecule has 0 bridgehead atoms. The minimum Gasteiger partial charge on any atom is -0.406 e. The van der Waals surface area contributed by atoms with Gasteiger partial charge in [-0.1, -0.05) is 30.3 Å². The van der Waals surface area contributed by atoms with Crippen LogP contribution in [0.2, 0.25) is 0 Å². The molecular formula is C24H28ClF3N2O3. The van der Waals surface area contributed by atoms with Crippen molar-refractivity contribution in [3.05, 3.63) is 65.7 Å². The molecule has 0 aliphatic carbocycles. The van der Waals surface area contributed by atoms with Gasteiger partial charge >= 0.3 is 6.36 Å². The highest BCUT2D eigenvalue weighted by Crippen LogP contribution is 2.31. The summed E-state index contributed by atoms with van der Waals surface area (Å²) in [6.45, 7) is 4.11. The summed E-state index contributed by atoms with van der Waals surface area (Å²) in [5.74, 6) is -0.150. The molecule has 2 heterocycles. The number of ether oxygens (including phenoxy) is 2. The number of carbonyl (C=O) groups excluding carboxylic acids is 1. The van der Waals surface area contributed by atoms with E-state index in [1.807, 2.05) is 41.3 Å². The number of amides is 1. The van der Waals surface area contributed by atoms with Gasteiger partial charge in [0.15, 0.2) is 0 Å². The third kappa shape index (κ3) is 6.85. The fraction of sp³-hybridized carbons (Fsp3) is 0.458. The van der Waals surface area contributed by atoms with Gasteiger partial charge in [-0.05, 0) is 49.1 Å². The third-order valence-corrected chi connectivity index (χ3v) is 6.17. The second-order valence-electron chi connectivity index (χ2n) is 8.41. The zero-order valence-corrected chi connectivity index (χ0v) is 19.0. The van der Waals surface area contributed by atoms with Gasteiger partial charge in [-0.2, -0.15) is 0 Å². The highest BCUT2D eigenvalue weighted by molar-refractivity contribution is 5.94. The summed E-state index contributed by atoms with van der Waals surface area (Å²) in [6.07, 6.45) is -2.40. The van der Waals surface area contributed by atoms with E-state index >= 15 is 0 Å². The molecule has 5 nitrogen and oxygen atoms in total. The van der Waals surface area contributed by atoms with Crippen molar-refractivity contribution in [2.45, 2.75) is 31.2 Å². The number of hydrogen-bond donors (Lipinski definition) is 0. The van der Waals surface area contributed by atoms with Crippen molar-refractivity contribution in [3.63, 3.8) is 0 Å². The first-order valence-corrected chi connectivity index (χ1v) is 10.9. The smallest absolute Gasteiger partial charge is 0.406 e. The molecule has 2 aliphatic rings. The Hall–Kier alpha value is -2.29. The van der Waals surface area contributed by atoms with Gasteiger partial charge in [0.05, 0.1) is 18.8 Å². The van der Waals surface area contributed by atoms with E-state index in [1.165, 1.54) is 12.1 Å². The molecule has 2 aliphatic heterocycles. The van der Waals surface area contributed by atoms with E-state index in [4.69, 9.17) is 4.74 Å². The van der Waals surface area contributed by atoms with Gasteiger partial charge in [0.2, 0.25) is 0 Å². The standard InChI is InChI=1S/C24H27F3N2O3.ClH/c25-24(26,27)32-21-8-4-5-19(17-21)9-12-28-13-10-23(11-14-28)18-29(15-16-31-23)22(30)20-6-2-1-3-7-20;/h1-8,17H,9-16,18H2;1H. The van der Waals surface area contributed by atoms with Crippen LogP contribution in [0, 0.1) is 0 Å². The molecule has 2 aromatic rings. The molecule has 33 heavy (non-hydrogen) atoms. The van der Waals surface area contributed by atoms with Gasteiger partial charge in [-0.3, -0.25) is 4.79 Å². The Labute approximate surface area is 197 Å². The van der Waals surface area contributed by atoms with Crippen LogP contribution in [0.25, 0.3) is 0 Å². The number of hydrogen-bond acceptors (Lipinski definition) is 4. The zero-order chi connectivity index (χ0) is 22.6. The van der Waals surface area contributed by atoms with Crippen molar-refractivity contribution in [2.24, 2.45) is 0 Å². The van der Waals surface area contributed by atoms with Crippen molar-refractivity contribution >= 4 is 18.3 Å². The molecule has 0 radical (unpaired) electrons. The highest BCUT2D eigenvalue weighted by atomic mass is 35.5. The molecule has 1 spiro atoms. The van der Waals surface area contributed by atoms with Crippen LogP contribution >= 0.6 is 12.4 Å². The first-order chi connectivity index (χ1) is 15.3. The Morgan fingerprint density at radius 2 is 1.76 bits per heavy atom. The number of carbonyl (C=O) groups is 1. The lowest BCUT2D eigenvalue weighted by molar-refractivity contribution is -0.274. The molecule has 2 saturated heterocycles. The van der Waals surface area contributed by atoms with Gasteiger partial charge in [-0.25, -0.2) is 0 Å². The predicted molar refractivity (Wildman–Crippen MR) is 121 cm³/mol. The van der Waals surface area contributed by atoms with Gasteiger partial charge in [-0.15, -0.1) is 25.6 Å². The molecule has 180 valence electrons. The largest absolute Gasteiger partial charge is 0.573 e. The Bertz CT molecular complexity index is 919. The van der Waals surface area contributed by atoms with Crippen LogP contribution < -0.4 is 4.74 Å². The van der Waals surface area contributed by atoms with Crippen LogP contribution in [-0.4, -0.2) is 67.0 Å². The summed E-state index contributed by atoms with van der Waals surface area (Å²) < 4.78 is 47.5. The Balaban J connectivity index is 0.00000306. The van der Waals surface area contributed by atoms with E-state index in [9.17, 15) is 18.0 Å². The summed E-state index contributed by atoms with van der Waals surface area (Å²) in [5, 5.41) is 0. The first-order valence-electron chi connectivity index (χ1n) is 10.9. The lowest BCUT2D eigenvalue weighted by Crippen LogP contribution is -2.58.